The number of likely N-dealkylation sites (N-methyl/N-ethyl adjacent to an activating group) is 1. The maximum Gasteiger partial charge on any atom is 0.101 e. The summed E-state index contributed by atoms with van der Waals surface area (Å²) in [5.74, 6) is 0.885. The van der Waals surface area contributed by atoms with Crippen LogP contribution >= 0.6 is 11.6 Å². The molecule has 0 fully saturated rings. The third-order valence-corrected chi connectivity index (χ3v) is 3.53. The lowest BCUT2D eigenvalue weighted by Crippen LogP contribution is -2.25. The first-order valence-corrected chi connectivity index (χ1v) is 6.99. The first-order valence-electron chi connectivity index (χ1n) is 6.61. The molecule has 110 valence electrons. The molecule has 20 heavy (non-hydrogen) atoms. The maximum atomic E-state index is 6.32. The van der Waals surface area contributed by atoms with Crippen LogP contribution in [0.1, 0.15) is 23.1 Å². The first kappa shape index (κ1) is 15.1. The predicted octanol–water partition coefficient (Wildman–Crippen LogP) is 2.31. The largest absolute Gasteiger partial charge is 0.469 e. The molecule has 0 spiro atoms. The molecule has 0 aromatic carbocycles. The minimum absolute atomic E-state index is 0.0235. The molecule has 2 aromatic rings. The van der Waals surface area contributed by atoms with Crippen molar-refractivity contribution in [2.75, 3.05) is 27.7 Å². The summed E-state index contributed by atoms with van der Waals surface area (Å²) in [6.45, 7) is 3.64. The molecule has 0 saturated heterocycles. The molecule has 0 saturated carbocycles. The van der Waals surface area contributed by atoms with Crippen molar-refractivity contribution in [2.45, 2.75) is 19.5 Å². The van der Waals surface area contributed by atoms with Crippen LogP contribution in [0.4, 0.5) is 0 Å². The van der Waals surface area contributed by atoms with Crippen LogP contribution in [0.2, 0.25) is 5.02 Å². The van der Waals surface area contributed by atoms with Crippen LogP contribution in [0.25, 0.3) is 0 Å². The Morgan fingerprint density at radius 3 is 2.80 bits per heavy atom. The van der Waals surface area contributed by atoms with Gasteiger partial charge in [0, 0.05) is 12.1 Å². The monoisotopic (exact) mass is 296 g/mol. The number of hydrogen-bond donors (Lipinski definition) is 1. The maximum absolute atomic E-state index is 6.32. The lowest BCUT2D eigenvalue weighted by atomic mass is 10.1. The summed E-state index contributed by atoms with van der Waals surface area (Å²) in [7, 11) is 5.99. The minimum atomic E-state index is -0.0235. The fourth-order valence-electron chi connectivity index (χ4n) is 2.21. The summed E-state index contributed by atoms with van der Waals surface area (Å²) >= 11 is 6.32. The zero-order chi connectivity index (χ0) is 14.7. The highest BCUT2D eigenvalue weighted by Crippen LogP contribution is 2.29. The van der Waals surface area contributed by atoms with Crippen molar-refractivity contribution in [1.82, 2.24) is 20.0 Å². The number of nitrogens with one attached hydrogen (secondary N) is 1. The van der Waals surface area contributed by atoms with Gasteiger partial charge in [0.15, 0.2) is 0 Å². The molecule has 0 bridgehead atoms. The van der Waals surface area contributed by atoms with E-state index in [2.05, 4.69) is 15.3 Å². The smallest absolute Gasteiger partial charge is 0.101 e. The van der Waals surface area contributed by atoms with E-state index in [0.717, 1.165) is 30.1 Å². The first-order chi connectivity index (χ1) is 9.52. The summed E-state index contributed by atoms with van der Waals surface area (Å²) in [4.78, 5) is 2.12. The van der Waals surface area contributed by atoms with Crippen molar-refractivity contribution in [3.8, 4) is 0 Å². The number of halogens is 1. The second kappa shape index (κ2) is 6.43. The number of hydrogen-bond acceptors (Lipinski definition) is 4. The van der Waals surface area contributed by atoms with Gasteiger partial charge < -0.3 is 14.6 Å². The van der Waals surface area contributed by atoms with Gasteiger partial charge in [-0.1, -0.05) is 11.6 Å². The van der Waals surface area contributed by atoms with Crippen molar-refractivity contribution >= 4 is 11.6 Å². The third-order valence-electron chi connectivity index (χ3n) is 3.24. The van der Waals surface area contributed by atoms with Gasteiger partial charge in [-0.2, -0.15) is 5.10 Å². The van der Waals surface area contributed by atoms with E-state index in [1.807, 2.05) is 38.8 Å². The van der Waals surface area contributed by atoms with E-state index in [-0.39, 0.29) is 6.04 Å². The highest BCUT2D eigenvalue weighted by atomic mass is 35.5. The molecule has 0 aliphatic heterocycles. The number of nitrogens with zero attached hydrogens (tertiary/aromatic N) is 3. The molecule has 1 unspecified atom stereocenters. The van der Waals surface area contributed by atoms with E-state index in [0.29, 0.717) is 5.02 Å². The van der Waals surface area contributed by atoms with Gasteiger partial charge in [0.2, 0.25) is 0 Å². The Balaban J connectivity index is 2.31. The molecule has 0 radical (unpaired) electrons. The Labute approximate surface area is 124 Å². The Hall–Kier alpha value is -1.30. The van der Waals surface area contributed by atoms with Gasteiger partial charge in [-0.15, -0.1) is 0 Å². The molecule has 0 amide bonds. The molecule has 1 atom stereocenters. The van der Waals surface area contributed by atoms with E-state index < -0.39 is 0 Å². The third kappa shape index (κ3) is 3.23. The Kier molecular flexibility index (Phi) is 4.86. The Morgan fingerprint density at radius 2 is 2.25 bits per heavy atom. The standard InChI is InChI=1S/C14H21ClN4O/c1-10-7-11(9-20-10)13(16-2)14-12(15)8-17-19(14)6-5-18(3)4/h7-9,13,16H,5-6H2,1-4H3. The molecule has 6 heteroatoms. The second-order valence-corrected chi connectivity index (χ2v) is 5.52. The van der Waals surface area contributed by atoms with Crippen molar-refractivity contribution in [1.29, 1.82) is 0 Å². The van der Waals surface area contributed by atoms with E-state index in [1.54, 1.807) is 12.5 Å². The highest BCUT2D eigenvalue weighted by molar-refractivity contribution is 6.31. The number of furan rings is 1. The highest BCUT2D eigenvalue weighted by Gasteiger charge is 2.22. The predicted molar refractivity (Wildman–Crippen MR) is 80.1 cm³/mol. The summed E-state index contributed by atoms with van der Waals surface area (Å²) < 4.78 is 7.35. The van der Waals surface area contributed by atoms with Crippen molar-refractivity contribution in [3.05, 3.63) is 40.6 Å². The van der Waals surface area contributed by atoms with Crippen LogP contribution < -0.4 is 5.32 Å². The average Bonchev–Trinajstić information content (AvgIpc) is 2.97. The van der Waals surface area contributed by atoms with Crippen LogP contribution in [0.15, 0.2) is 22.9 Å². The van der Waals surface area contributed by atoms with Crippen LogP contribution in [0, 0.1) is 6.92 Å². The van der Waals surface area contributed by atoms with Crippen molar-refractivity contribution in [2.24, 2.45) is 0 Å². The van der Waals surface area contributed by atoms with Gasteiger partial charge in [0.1, 0.15) is 5.76 Å². The molecule has 1 N–H and O–H groups in total. The van der Waals surface area contributed by atoms with E-state index in [9.17, 15) is 0 Å². The summed E-state index contributed by atoms with van der Waals surface area (Å²) in [5, 5.41) is 8.33. The summed E-state index contributed by atoms with van der Waals surface area (Å²) in [6.07, 6.45) is 3.46. The van der Waals surface area contributed by atoms with Crippen molar-refractivity contribution in [3.63, 3.8) is 0 Å². The van der Waals surface area contributed by atoms with Gasteiger partial charge >= 0.3 is 0 Å². The van der Waals surface area contributed by atoms with Gasteiger partial charge in [-0.3, -0.25) is 4.68 Å². The SMILES string of the molecule is CNC(c1coc(C)c1)c1c(Cl)cnn1CCN(C)C. The van der Waals surface area contributed by atoms with E-state index in [1.165, 1.54) is 0 Å². The number of aryl methyl sites for hydroxylation is 1. The number of rotatable bonds is 6. The van der Waals surface area contributed by atoms with Crippen LogP contribution in [-0.2, 0) is 6.54 Å². The Bertz CT molecular complexity index is 561. The van der Waals surface area contributed by atoms with Crippen LogP contribution in [0.3, 0.4) is 0 Å². The molecule has 2 heterocycles. The average molecular weight is 297 g/mol. The van der Waals surface area contributed by atoms with Crippen LogP contribution in [0.5, 0.6) is 0 Å². The lowest BCUT2D eigenvalue weighted by Gasteiger charge is -2.18. The molecule has 5 nitrogen and oxygen atoms in total. The minimum Gasteiger partial charge on any atom is -0.469 e. The fraction of sp³-hybridized carbons (Fsp3) is 0.500. The van der Waals surface area contributed by atoms with E-state index in [4.69, 9.17) is 16.0 Å². The van der Waals surface area contributed by atoms with Gasteiger partial charge in [0.25, 0.3) is 0 Å². The van der Waals surface area contributed by atoms with Gasteiger partial charge in [-0.25, -0.2) is 0 Å². The Morgan fingerprint density at radius 1 is 1.50 bits per heavy atom. The zero-order valence-electron chi connectivity index (χ0n) is 12.4. The molecule has 0 aliphatic rings. The zero-order valence-corrected chi connectivity index (χ0v) is 13.1. The lowest BCUT2D eigenvalue weighted by molar-refractivity contribution is 0.366. The van der Waals surface area contributed by atoms with Gasteiger partial charge in [0.05, 0.1) is 35.8 Å². The van der Waals surface area contributed by atoms with Crippen LogP contribution in [-0.4, -0.2) is 42.4 Å². The molecule has 0 aliphatic carbocycles. The summed E-state index contributed by atoms with van der Waals surface area (Å²) in [5.41, 5.74) is 2.02. The van der Waals surface area contributed by atoms with E-state index >= 15 is 0 Å². The topological polar surface area (TPSA) is 46.2 Å². The molecular formula is C14H21ClN4O. The summed E-state index contributed by atoms with van der Waals surface area (Å²) in [6, 6.07) is 1.99. The van der Waals surface area contributed by atoms with Gasteiger partial charge in [-0.05, 0) is 34.1 Å². The second-order valence-electron chi connectivity index (χ2n) is 5.12. The molecule has 2 rings (SSSR count). The number of aromatic nitrogens is 2. The normalized spacial score (nSPS) is 13.1. The fourth-order valence-corrected chi connectivity index (χ4v) is 2.46. The molecular weight excluding hydrogens is 276 g/mol. The van der Waals surface area contributed by atoms with Crippen molar-refractivity contribution < 1.29 is 4.42 Å². The molecule has 2 aromatic heterocycles. The quantitative estimate of drug-likeness (QED) is 0.888.